The molecule has 0 fully saturated rings. The van der Waals surface area contributed by atoms with Gasteiger partial charge in [-0.05, 0) is 61.1 Å². The second-order valence-corrected chi connectivity index (χ2v) is 7.32. The summed E-state index contributed by atoms with van der Waals surface area (Å²) in [4.78, 5) is 24.4. The number of hydrogen-bond acceptors (Lipinski definition) is 4. The predicted octanol–water partition coefficient (Wildman–Crippen LogP) is 4.51. The summed E-state index contributed by atoms with van der Waals surface area (Å²) in [5.41, 5.74) is 5.44. The highest BCUT2D eigenvalue weighted by molar-refractivity contribution is 7.80. The highest BCUT2D eigenvalue weighted by Gasteiger charge is 2.12. The van der Waals surface area contributed by atoms with Crippen LogP contribution >= 0.6 is 35.4 Å². The first-order chi connectivity index (χ1) is 13.9. The molecule has 2 amide bonds. The van der Waals surface area contributed by atoms with Crippen molar-refractivity contribution in [2.75, 3.05) is 6.61 Å². The molecule has 2 aromatic rings. The molecular weight excluding hydrogens is 433 g/mol. The third-order valence-corrected chi connectivity index (χ3v) is 4.58. The summed E-state index contributed by atoms with van der Waals surface area (Å²) in [6.45, 7) is 2.77. The fraction of sp³-hybridized carbons (Fsp3) is 0.250. The number of ether oxygens (including phenoxy) is 1. The van der Waals surface area contributed by atoms with Gasteiger partial charge in [0.15, 0.2) is 5.11 Å². The van der Waals surface area contributed by atoms with Gasteiger partial charge >= 0.3 is 0 Å². The highest BCUT2D eigenvalue weighted by atomic mass is 35.5. The summed E-state index contributed by atoms with van der Waals surface area (Å²) in [7, 11) is 0. The Morgan fingerprint density at radius 3 is 2.38 bits per heavy atom. The number of thiocarbonyl (C=S) groups is 1. The number of rotatable bonds is 7. The van der Waals surface area contributed by atoms with E-state index in [9.17, 15) is 9.59 Å². The molecule has 0 aliphatic rings. The molecule has 0 unspecified atom stereocenters. The van der Waals surface area contributed by atoms with Crippen LogP contribution in [0, 0.1) is 0 Å². The van der Waals surface area contributed by atoms with E-state index in [0.717, 1.165) is 19.3 Å². The Balaban J connectivity index is 1.81. The Morgan fingerprint density at radius 1 is 1.00 bits per heavy atom. The number of benzene rings is 2. The van der Waals surface area contributed by atoms with Gasteiger partial charge in [-0.2, -0.15) is 0 Å². The number of hydrogen-bond donors (Lipinski definition) is 3. The molecule has 2 aromatic carbocycles. The minimum absolute atomic E-state index is 0.0617. The van der Waals surface area contributed by atoms with Gasteiger partial charge < -0.3 is 4.74 Å². The van der Waals surface area contributed by atoms with Crippen molar-refractivity contribution in [1.82, 2.24) is 16.2 Å². The van der Waals surface area contributed by atoms with Crippen molar-refractivity contribution < 1.29 is 14.3 Å². The summed E-state index contributed by atoms with van der Waals surface area (Å²) >= 11 is 16.8. The van der Waals surface area contributed by atoms with E-state index >= 15 is 0 Å². The number of halogens is 2. The molecule has 9 heteroatoms. The lowest BCUT2D eigenvalue weighted by Gasteiger charge is -2.12. The normalized spacial score (nSPS) is 10.2. The topological polar surface area (TPSA) is 79.5 Å². The van der Waals surface area contributed by atoms with Crippen LogP contribution in [-0.2, 0) is 0 Å². The number of unbranched alkanes of at least 4 members (excludes halogenated alkanes) is 2. The van der Waals surface area contributed by atoms with E-state index in [1.54, 1.807) is 30.3 Å². The molecule has 0 saturated carbocycles. The van der Waals surface area contributed by atoms with Crippen LogP contribution in [0.5, 0.6) is 5.75 Å². The minimum atomic E-state index is -0.521. The standard InChI is InChI=1S/C20H21Cl2N3O3S/c1-2-3-4-11-28-15-8-5-13(6-9-15)18(26)23-20(29)25-24-19(27)16-10-7-14(21)12-17(16)22/h5-10,12H,2-4,11H2,1H3,(H,24,27)(H2,23,25,26,29). The SMILES string of the molecule is CCCCCOc1ccc(C(=O)NC(=S)NNC(=O)c2ccc(Cl)cc2Cl)cc1. The Kier molecular flexibility index (Phi) is 9.18. The van der Waals surface area contributed by atoms with Gasteiger partial charge in [0.2, 0.25) is 0 Å². The molecular formula is C20H21Cl2N3O3S. The van der Waals surface area contributed by atoms with Crippen molar-refractivity contribution in [3.63, 3.8) is 0 Å². The average Bonchev–Trinajstić information content (AvgIpc) is 2.70. The molecule has 0 aliphatic carbocycles. The maximum Gasteiger partial charge on any atom is 0.271 e. The fourth-order valence-electron chi connectivity index (χ4n) is 2.31. The molecule has 154 valence electrons. The van der Waals surface area contributed by atoms with E-state index in [1.165, 1.54) is 12.1 Å². The smallest absolute Gasteiger partial charge is 0.271 e. The molecule has 0 atom stereocenters. The Hall–Kier alpha value is -2.35. The number of carbonyl (C=O) groups is 2. The van der Waals surface area contributed by atoms with Gasteiger partial charge in [0, 0.05) is 10.6 Å². The van der Waals surface area contributed by atoms with Gasteiger partial charge in [0.1, 0.15) is 5.75 Å². The molecule has 2 rings (SSSR count). The Bertz CT molecular complexity index is 876. The Morgan fingerprint density at radius 2 is 1.72 bits per heavy atom. The van der Waals surface area contributed by atoms with Gasteiger partial charge in [0.25, 0.3) is 11.8 Å². The van der Waals surface area contributed by atoms with Crippen LogP contribution in [0.4, 0.5) is 0 Å². The molecule has 3 N–H and O–H groups in total. The lowest BCUT2D eigenvalue weighted by atomic mass is 10.2. The van der Waals surface area contributed by atoms with Crippen molar-refractivity contribution >= 4 is 52.3 Å². The van der Waals surface area contributed by atoms with Crippen molar-refractivity contribution in [1.29, 1.82) is 0 Å². The van der Waals surface area contributed by atoms with Crippen LogP contribution < -0.4 is 20.9 Å². The number of nitrogens with one attached hydrogen (secondary N) is 3. The molecule has 0 aromatic heterocycles. The van der Waals surface area contributed by atoms with Gasteiger partial charge in [0.05, 0.1) is 17.2 Å². The lowest BCUT2D eigenvalue weighted by Crippen LogP contribution is -2.48. The largest absolute Gasteiger partial charge is 0.494 e. The maximum atomic E-state index is 12.2. The number of carbonyl (C=O) groups excluding carboxylic acids is 2. The van der Waals surface area contributed by atoms with Crippen molar-refractivity contribution in [2.45, 2.75) is 26.2 Å². The lowest BCUT2D eigenvalue weighted by molar-refractivity contribution is 0.0934. The zero-order chi connectivity index (χ0) is 21.2. The van der Waals surface area contributed by atoms with Gasteiger partial charge in [-0.15, -0.1) is 0 Å². The zero-order valence-electron chi connectivity index (χ0n) is 15.8. The van der Waals surface area contributed by atoms with Crippen LogP contribution in [0.15, 0.2) is 42.5 Å². The van der Waals surface area contributed by atoms with E-state index in [-0.39, 0.29) is 15.7 Å². The monoisotopic (exact) mass is 453 g/mol. The molecule has 0 bridgehead atoms. The van der Waals surface area contributed by atoms with Crippen LogP contribution in [0.3, 0.4) is 0 Å². The van der Waals surface area contributed by atoms with Gasteiger partial charge in [-0.25, -0.2) is 0 Å². The van der Waals surface area contributed by atoms with E-state index in [2.05, 4.69) is 23.1 Å². The third-order valence-electron chi connectivity index (χ3n) is 3.83. The van der Waals surface area contributed by atoms with Crippen molar-refractivity contribution in [3.05, 3.63) is 63.6 Å². The molecule has 0 aliphatic heterocycles. The minimum Gasteiger partial charge on any atom is -0.494 e. The molecule has 0 spiro atoms. The number of amides is 2. The van der Waals surface area contributed by atoms with Crippen LogP contribution in [0.1, 0.15) is 46.9 Å². The van der Waals surface area contributed by atoms with E-state index < -0.39 is 11.8 Å². The molecule has 0 radical (unpaired) electrons. The summed E-state index contributed by atoms with van der Waals surface area (Å²) in [5.74, 6) is -0.239. The number of hydrazine groups is 1. The van der Waals surface area contributed by atoms with Crippen LogP contribution in [-0.4, -0.2) is 23.5 Å². The zero-order valence-corrected chi connectivity index (χ0v) is 18.1. The van der Waals surface area contributed by atoms with Crippen molar-refractivity contribution in [2.24, 2.45) is 0 Å². The Labute approximate surface area is 184 Å². The fourth-order valence-corrected chi connectivity index (χ4v) is 2.94. The highest BCUT2D eigenvalue weighted by Crippen LogP contribution is 2.20. The van der Waals surface area contributed by atoms with Crippen molar-refractivity contribution in [3.8, 4) is 5.75 Å². The first-order valence-electron chi connectivity index (χ1n) is 9.00. The second-order valence-electron chi connectivity index (χ2n) is 6.07. The molecule has 29 heavy (non-hydrogen) atoms. The molecule has 0 saturated heterocycles. The second kappa shape index (κ2) is 11.6. The van der Waals surface area contributed by atoms with Crippen LogP contribution in [0.25, 0.3) is 0 Å². The summed E-state index contributed by atoms with van der Waals surface area (Å²) < 4.78 is 5.61. The third kappa shape index (κ3) is 7.53. The van der Waals surface area contributed by atoms with E-state index in [4.69, 9.17) is 40.2 Å². The van der Waals surface area contributed by atoms with E-state index in [0.29, 0.717) is 22.9 Å². The summed E-state index contributed by atoms with van der Waals surface area (Å²) in [6.07, 6.45) is 3.24. The molecule has 0 heterocycles. The van der Waals surface area contributed by atoms with Gasteiger partial charge in [-0.3, -0.25) is 25.8 Å². The van der Waals surface area contributed by atoms with E-state index in [1.807, 2.05) is 0 Å². The predicted molar refractivity (Wildman–Crippen MR) is 119 cm³/mol. The van der Waals surface area contributed by atoms with Crippen LogP contribution in [0.2, 0.25) is 10.0 Å². The summed E-state index contributed by atoms with van der Waals surface area (Å²) in [6, 6.07) is 11.2. The molecule has 6 nitrogen and oxygen atoms in total. The quantitative estimate of drug-likeness (QED) is 0.326. The first kappa shape index (κ1) is 22.9. The average molecular weight is 454 g/mol. The summed E-state index contributed by atoms with van der Waals surface area (Å²) in [5, 5.41) is 3.03. The first-order valence-corrected chi connectivity index (χ1v) is 10.2. The van der Waals surface area contributed by atoms with Gasteiger partial charge in [-0.1, -0.05) is 43.0 Å². The maximum absolute atomic E-state index is 12.2.